The standard InChI is InChI=1S/C22H23ClF2N6/c23-17-4-5-18-16(11-17)12-29(13-19(24)25)14-21-27-28-22(31(18)21)15-6-9-30(10-7-15)20-3-1-2-8-26-20/h1-5,8,11,15,19H,6-7,9-10,12-14H2. The number of nitrogens with zero attached hydrogens (tertiary/aromatic N) is 6. The molecule has 0 amide bonds. The average Bonchev–Trinajstić information content (AvgIpc) is 3.11. The van der Waals surface area contributed by atoms with Gasteiger partial charge < -0.3 is 4.90 Å². The lowest BCUT2D eigenvalue weighted by Crippen LogP contribution is -2.34. The van der Waals surface area contributed by atoms with Crippen molar-refractivity contribution in [2.24, 2.45) is 0 Å². The molecule has 5 rings (SSSR count). The van der Waals surface area contributed by atoms with Crippen LogP contribution in [0.25, 0.3) is 5.69 Å². The quantitative estimate of drug-likeness (QED) is 0.601. The number of rotatable bonds is 4. The molecule has 0 bridgehead atoms. The summed E-state index contributed by atoms with van der Waals surface area (Å²) in [5, 5.41) is 9.54. The van der Waals surface area contributed by atoms with Crippen molar-refractivity contribution in [3.05, 3.63) is 64.8 Å². The maximum Gasteiger partial charge on any atom is 0.251 e. The number of halogens is 3. The van der Waals surface area contributed by atoms with E-state index in [0.717, 1.165) is 48.8 Å². The van der Waals surface area contributed by atoms with Gasteiger partial charge in [-0.05, 0) is 48.7 Å². The number of hydrogen-bond acceptors (Lipinski definition) is 5. The van der Waals surface area contributed by atoms with Gasteiger partial charge in [0.25, 0.3) is 6.43 Å². The van der Waals surface area contributed by atoms with E-state index in [0.29, 0.717) is 23.9 Å². The maximum atomic E-state index is 13.1. The average molecular weight is 445 g/mol. The number of aromatic nitrogens is 4. The smallest absolute Gasteiger partial charge is 0.251 e. The lowest BCUT2D eigenvalue weighted by Gasteiger charge is -2.32. The molecule has 0 atom stereocenters. The number of piperidine rings is 1. The molecule has 1 fully saturated rings. The molecule has 0 saturated carbocycles. The molecule has 2 aliphatic rings. The molecular formula is C22H23ClF2N6. The topological polar surface area (TPSA) is 50.1 Å². The Balaban J connectivity index is 1.45. The third-order valence-electron chi connectivity index (χ3n) is 6.03. The van der Waals surface area contributed by atoms with Gasteiger partial charge in [-0.2, -0.15) is 0 Å². The summed E-state index contributed by atoms with van der Waals surface area (Å²) < 4.78 is 28.3. The van der Waals surface area contributed by atoms with Crippen LogP contribution in [0.1, 0.15) is 36.0 Å². The van der Waals surface area contributed by atoms with Gasteiger partial charge in [-0.3, -0.25) is 9.47 Å². The van der Waals surface area contributed by atoms with Crippen LogP contribution in [-0.4, -0.2) is 50.7 Å². The largest absolute Gasteiger partial charge is 0.357 e. The van der Waals surface area contributed by atoms with Gasteiger partial charge in [-0.15, -0.1) is 10.2 Å². The number of benzene rings is 1. The third-order valence-corrected chi connectivity index (χ3v) is 6.26. The van der Waals surface area contributed by atoms with E-state index in [1.807, 2.05) is 42.6 Å². The molecule has 1 aromatic carbocycles. The molecule has 4 heterocycles. The Morgan fingerprint density at radius 3 is 2.65 bits per heavy atom. The minimum atomic E-state index is -2.41. The molecule has 1 saturated heterocycles. The molecule has 31 heavy (non-hydrogen) atoms. The highest BCUT2D eigenvalue weighted by Crippen LogP contribution is 2.34. The first-order valence-corrected chi connectivity index (χ1v) is 10.9. The fourth-order valence-corrected chi connectivity index (χ4v) is 4.78. The van der Waals surface area contributed by atoms with Gasteiger partial charge in [0.2, 0.25) is 0 Å². The van der Waals surface area contributed by atoms with Crippen molar-refractivity contribution in [2.45, 2.75) is 38.3 Å². The van der Waals surface area contributed by atoms with Crippen LogP contribution in [0.4, 0.5) is 14.6 Å². The van der Waals surface area contributed by atoms with Crippen LogP contribution in [0.3, 0.4) is 0 Å². The van der Waals surface area contributed by atoms with Gasteiger partial charge in [-0.1, -0.05) is 17.7 Å². The highest BCUT2D eigenvalue weighted by molar-refractivity contribution is 6.30. The van der Waals surface area contributed by atoms with Crippen LogP contribution in [-0.2, 0) is 13.1 Å². The highest BCUT2D eigenvalue weighted by atomic mass is 35.5. The predicted molar refractivity (Wildman–Crippen MR) is 115 cm³/mol. The lowest BCUT2D eigenvalue weighted by atomic mass is 9.95. The zero-order valence-corrected chi connectivity index (χ0v) is 17.7. The van der Waals surface area contributed by atoms with Crippen LogP contribution in [0, 0.1) is 0 Å². The van der Waals surface area contributed by atoms with Gasteiger partial charge in [0.05, 0.1) is 18.8 Å². The summed E-state index contributed by atoms with van der Waals surface area (Å²) in [6, 6.07) is 11.6. The van der Waals surface area contributed by atoms with E-state index in [-0.39, 0.29) is 12.5 Å². The van der Waals surface area contributed by atoms with Crippen LogP contribution < -0.4 is 4.90 Å². The number of anilines is 1. The number of pyridine rings is 1. The van der Waals surface area contributed by atoms with Crippen LogP contribution in [0.5, 0.6) is 0 Å². The third kappa shape index (κ3) is 4.14. The Hall–Kier alpha value is -2.58. The SMILES string of the molecule is FC(F)CN1Cc2cc(Cl)ccc2-n2c(nnc2C2CCN(c3ccccn3)CC2)C1. The minimum absolute atomic E-state index is 0.242. The van der Waals surface area contributed by atoms with Gasteiger partial charge in [0.15, 0.2) is 5.82 Å². The first kappa shape index (κ1) is 20.3. The van der Waals surface area contributed by atoms with Crippen LogP contribution in [0.2, 0.25) is 5.02 Å². The number of alkyl halides is 2. The van der Waals surface area contributed by atoms with Crippen molar-refractivity contribution in [1.82, 2.24) is 24.6 Å². The molecular weight excluding hydrogens is 422 g/mol. The highest BCUT2D eigenvalue weighted by Gasteiger charge is 2.30. The second-order valence-electron chi connectivity index (χ2n) is 8.09. The Morgan fingerprint density at radius 2 is 1.90 bits per heavy atom. The van der Waals surface area contributed by atoms with E-state index in [9.17, 15) is 8.78 Å². The Morgan fingerprint density at radius 1 is 1.06 bits per heavy atom. The summed E-state index contributed by atoms with van der Waals surface area (Å²) in [7, 11) is 0. The molecule has 6 nitrogen and oxygen atoms in total. The summed E-state index contributed by atoms with van der Waals surface area (Å²) in [6.45, 7) is 2.19. The van der Waals surface area contributed by atoms with Crippen molar-refractivity contribution in [1.29, 1.82) is 0 Å². The summed E-state index contributed by atoms with van der Waals surface area (Å²) in [5.41, 5.74) is 1.85. The van der Waals surface area contributed by atoms with Crippen molar-refractivity contribution in [2.75, 3.05) is 24.5 Å². The fraction of sp³-hybridized carbons (Fsp3) is 0.409. The fourth-order valence-electron chi connectivity index (χ4n) is 4.59. The van der Waals surface area contributed by atoms with Crippen LogP contribution >= 0.6 is 11.6 Å². The van der Waals surface area contributed by atoms with E-state index >= 15 is 0 Å². The first-order chi connectivity index (χ1) is 15.1. The van der Waals surface area contributed by atoms with Crippen molar-refractivity contribution in [3.8, 4) is 5.69 Å². The Labute approximate surface area is 184 Å². The van der Waals surface area contributed by atoms with Crippen molar-refractivity contribution < 1.29 is 8.78 Å². The van der Waals surface area contributed by atoms with Crippen molar-refractivity contribution in [3.63, 3.8) is 0 Å². The lowest BCUT2D eigenvalue weighted by molar-refractivity contribution is 0.0804. The molecule has 0 unspecified atom stereocenters. The predicted octanol–water partition coefficient (Wildman–Crippen LogP) is 4.28. The molecule has 9 heteroatoms. The maximum absolute atomic E-state index is 13.1. The molecule has 2 aliphatic heterocycles. The molecule has 2 aromatic heterocycles. The van der Waals surface area contributed by atoms with E-state index in [2.05, 4.69) is 24.6 Å². The van der Waals surface area contributed by atoms with Gasteiger partial charge in [0, 0.05) is 36.8 Å². The molecule has 0 N–H and O–H groups in total. The van der Waals surface area contributed by atoms with Gasteiger partial charge in [0.1, 0.15) is 11.6 Å². The summed E-state index contributed by atoms with van der Waals surface area (Å²) in [6.07, 6.45) is 1.26. The monoisotopic (exact) mass is 444 g/mol. The summed E-state index contributed by atoms with van der Waals surface area (Å²) >= 11 is 6.23. The van der Waals surface area contributed by atoms with E-state index in [4.69, 9.17) is 11.6 Å². The number of hydrogen-bond donors (Lipinski definition) is 0. The van der Waals surface area contributed by atoms with Gasteiger partial charge >= 0.3 is 0 Å². The Kier molecular flexibility index (Phi) is 5.58. The molecule has 3 aromatic rings. The second-order valence-corrected chi connectivity index (χ2v) is 8.53. The first-order valence-electron chi connectivity index (χ1n) is 10.5. The molecule has 0 aliphatic carbocycles. The zero-order valence-electron chi connectivity index (χ0n) is 17.0. The Bertz CT molecular complexity index is 1050. The van der Waals surface area contributed by atoms with E-state index in [1.54, 1.807) is 4.90 Å². The number of fused-ring (bicyclic) bond motifs is 3. The van der Waals surface area contributed by atoms with Gasteiger partial charge in [-0.25, -0.2) is 13.8 Å². The van der Waals surface area contributed by atoms with Crippen LogP contribution in [0.15, 0.2) is 42.6 Å². The molecule has 0 radical (unpaired) electrons. The summed E-state index contributed by atoms with van der Waals surface area (Å²) in [4.78, 5) is 8.45. The van der Waals surface area contributed by atoms with Crippen molar-refractivity contribution >= 4 is 17.4 Å². The molecule has 0 spiro atoms. The van der Waals surface area contributed by atoms with E-state index in [1.165, 1.54) is 0 Å². The zero-order chi connectivity index (χ0) is 21.4. The normalized spacial score (nSPS) is 17.5. The second kappa shape index (κ2) is 8.51. The summed E-state index contributed by atoms with van der Waals surface area (Å²) in [5.74, 6) is 2.83. The van der Waals surface area contributed by atoms with E-state index < -0.39 is 6.43 Å². The minimum Gasteiger partial charge on any atom is -0.357 e. The molecule has 162 valence electrons.